The van der Waals surface area contributed by atoms with Gasteiger partial charge in [0.1, 0.15) is 0 Å². The number of sulfonamides is 1. The molecular formula is C14H23N3O3S. The van der Waals surface area contributed by atoms with Gasteiger partial charge in [-0.1, -0.05) is 0 Å². The Bertz CT molecular complexity index is 586. The zero-order valence-electron chi connectivity index (χ0n) is 12.3. The van der Waals surface area contributed by atoms with Gasteiger partial charge in [-0.2, -0.15) is 0 Å². The van der Waals surface area contributed by atoms with Gasteiger partial charge in [0.2, 0.25) is 10.0 Å². The number of hydrogen-bond acceptors (Lipinski definition) is 4. The lowest BCUT2D eigenvalue weighted by atomic mass is 9.94. The van der Waals surface area contributed by atoms with E-state index in [-0.39, 0.29) is 0 Å². The van der Waals surface area contributed by atoms with E-state index in [1.165, 1.54) is 12.8 Å². The van der Waals surface area contributed by atoms with E-state index >= 15 is 0 Å². The van der Waals surface area contributed by atoms with Crippen molar-refractivity contribution in [1.82, 2.24) is 15.0 Å². The number of rotatable bonds is 6. The Morgan fingerprint density at radius 1 is 1.38 bits per heavy atom. The third-order valence-corrected chi connectivity index (χ3v) is 5.78. The zero-order chi connectivity index (χ0) is 14.9. The van der Waals surface area contributed by atoms with Crippen LogP contribution in [0, 0.1) is 0 Å². The zero-order valence-corrected chi connectivity index (χ0v) is 13.1. The maximum absolute atomic E-state index is 12.5. The van der Waals surface area contributed by atoms with Crippen LogP contribution < -0.4 is 10.0 Å². The molecule has 0 atom stereocenters. The van der Waals surface area contributed by atoms with Gasteiger partial charge in [0.15, 0.2) is 0 Å². The van der Waals surface area contributed by atoms with E-state index in [0.717, 1.165) is 5.69 Å². The van der Waals surface area contributed by atoms with Crippen molar-refractivity contribution < 1.29 is 13.2 Å². The number of hydrogen-bond donors (Lipinski definition) is 3. The molecule has 3 N–H and O–H groups in total. The summed E-state index contributed by atoms with van der Waals surface area (Å²) in [5.74, 6) is 0. The van der Waals surface area contributed by atoms with Gasteiger partial charge in [-0.15, -0.1) is 0 Å². The highest BCUT2D eigenvalue weighted by atomic mass is 32.2. The Hall–Kier alpha value is -0.890. The minimum absolute atomic E-state index is 0.308. The molecule has 1 aromatic rings. The van der Waals surface area contributed by atoms with E-state index in [4.69, 9.17) is 4.74 Å². The van der Waals surface area contributed by atoms with Crippen molar-refractivity contribution in [2.24, 2.45) is 0 Å². The fourth-order valence-electron chi connectivity index (χ4n) is 2.53. The highest BCUT2D eigenvalue weighted by Crippen LogP contribution is 2.23. The average Bonchev–Trinajstić information content (AvgIpc) is 3.12. The molecule has 0 radical (unpaired) electrons. The summed E-state index contributed by atoms with van der Waals surface area (Å²) in [6.45, 7) is 3.83. The molecule has 3 rings (SSSR count). The SMILES string of the molecule is CC1(NS(=O)(=O)c2c[nH]c(CNC3CC3)c2)CCOCC1. The number of aromatic amines is 1. The Balaban J connectivity index is 1.65. The molecule has 0 amide bonds. The molecule has 7 heteroatoms. The van der Waals surface area contributed by atoms with Crippen molar-refractivity contribution in [2.75, 3.05) is 13.2 Å². The second-order valence-electron chi connectivity index (χ2n) is 6.29. The molecule has 1 saturated heterocycles. The first-order valence-corrected chi connectivity index (χ1v) is 8.98. The van der Waals surface area contributed by atoms with Crippen LogP contribution in [0.5, 0.6) is 0 Å². The Morgan fingerprint density at radius 2 is 2.10 bits per heavy atom. The Labute approximate surface area is 125 Å². The van der Waals surface area contributed by atoms with Crippen LogP contribution in [0.3, 0.4) is 0 Å². The van der Waals surface area contributed by atoms with Gasteiger partial charge in [-0.3, -0.25) is 0 Å². The molecule has 21 heavy (non-hydrogen) atoms. The molecule has 118 valence electrons. The number of nitrogens with one attached hydrogen (secondary N) is 3. The molecule has 0 aromatic carbocycles. The largest absolute Gasteiger partial charge is 0.381 e. The molecule has 0 unspecified atom stereocenters. The summed E-state index contributed by atoms with van der Waals surface area (Å²) in [5, 5.41) is 3.36. The van der Waals surface area contributed by atoms with Gasteiger partial charge < -0.3 is 15.0 Å². The van der Waals surface area contributed by atoms with Gasteiger partial charge in [0.05, 0.1) is 4.90 Å². The second kappa shape index (κ2) is 5.72. The number of ether oxygens (including phenoxy) is 1. The van der Waals surface area contributed by atoms with Crippen LogP contribution in [0.1, 0.15) is 38.3 Å². The van der Waals surface area contributed by atoms with Crippen molar-refractivity contribution in [2.45, 2.75) is 55.6 Å². The summed E-state index contributed by atoms with van der Waals surface area (Å²) in [6, 6.07) is 2.31. The van der Waals surface area contributed by atoms with Crippen molar-refractivity contribution >= 4 is 10.0 Å². The predicted molar refractivity (Wildman–Crippen MR) is 79.4 cm³/mol. The van der Waals surface area contributed by atoms with Crippen LogP contribution in [-0.2, 0) is 21.3 Å². The van der Waals surface area contributed by atoms with Gasteiger partial charge in [-0.25, -0.2) is 13.1 Å². The molecule has 6 nitrogen and oxygen atoms in total. The molecular weight excluding hydrogens is 290 g/mol. The van der Waals surface area contributed by atoms with Gasteiger partial charge in [-0.05, 0) is 38.7 Å². The number of H-pyrrole nitrogens is 1. The average molecular weight is 313 g/mol. The topological polar surface area (TPSA) is 83.2 Å². The van der Waals surface area contributed by atoms with Gasteiger partial charge in [0, 0.05) is 43.2 Å². The molecule has 1 aliphatic heterocycles. The molecule has 0 bridgehead atoms. The van der Waals surface area contributed by atoms with Crippen LogP contribution in [0.2, 0.25) is 0 Å². The van der Waals surface area contributed by atoms with E-state index in [9.17, 15) is 8.42 Å². The van der Waals surface area contributed by atoms with Gasteiger partial charge in [0.25, 0.3) is 0 Å². The molecule has 2 heterocycles. The molecule has 2 aliphatic rings. The summed E-state index contributed by atoms with van der Waals surface area (Å²) >= 11 is 0. The quantitative estimate of drug-likeness (QED) is 0.735. The van der Waals surface area contributed by atoms with E-state index < -0.39 is 15.6 Å². The maximum Gasteiger partial charge on any atom is 0.242 e. The Kier molecular flexibility index (Phi) is 4.09. The molecule has 2 fully saturated rings. The van der Waals surface area contributed by atoms with Crippen LogP contribution in [0.4, 0.5) is 0 Å². The monoisotopic (exact) mass is 313 g/mol. The first-order chi connectivity index (χ1) is 9.97. The van der Waals surface area contributed by atoms with E-state index in [2.05, 4.69) is 15.0 Å². The molecule has 1 aliphatic carbocycles. The minimum Gasteiger partial charge on any atom is -0.381 e. The first kappa shape index (κ1) is 15.0. The summed E-state index contributed by atoms with van der Waals surface area (Å²) < 4.78 is 33.1. The molecule has 0 spiro atoms. The van der Waals surface area contributed by atoms with Crippen LogP contribution in [0.15, 0.2) is 17.2 Å². The minimum atomic E-state index is -3.49. The maximum atomic E-state index is 12.5. The summed E-state index contributed by atoms with van der Waals surface area (Å²) in [6.07, 6.45) is 5.40. The highest BCUT2D eigenvalue weighted by molar-refractivity contribution is 7.89. The number of aromatic nitrogens is 1. The standard InChI is InChI=1S/C14H23N3O3S/c1-14(4-6-20-7-5-14)17-21(18,19)13-8-12(16-10-13)9-15-11-2-3-11/h8,10-11,15-17H,2-7,9H2,1H3. The van der Waals surface area contributed by atoms with Crippen molar-refractivity contribution in [3.05, 3.63) is 18.0 Å². The third kappa shape index (κ3) is 3.85. The van der Waals surface area contributed by atoms with Crippen LogP contribution >= 0.6 is 0 Å². The molecule has 1 aromatic heterocycles. The normalized spacial score (nSPS) is 22.3. The third-order valence-electron chi connectivity index (χ3n) is 4.16. The summed E-state index contributed by atoms with van der Waals surface area (Å²) in [5.41, 5.74) is 0.486. The first-order valence-electron chi connectivity index (χ1n) is 7.49. The lowest BCUT2D eigenvalue weighted by Gasteiger charge is -2.33. The fraction of sp³-hybridized carbons (Fsp3) is 0.714. The molecule has 1 saturated carbocycles. The summed E-state index contributed by atoms with van der Waals surface area (Å²) in [7, 11) is -3.49. The lowest BCUT2D eigenvalue weighted by molar-refractivity contribution is 0.0537. The predicted octanol–water partition coefficient (Wildman–Crippen LogP) is 1.11. The highest BCUT2D eigenvalue weighted by Gasteiger charge is 2.33. The van der Waals surface area contributed by atoms with Gasteiger partial charge >= 0.3 is 0 Å². The van der Waals surface area contributed by atoms with Crippen molar-refractivity contribution in [1.29, 1.82) is 0 Å². The van der Waals surface area contributed by atoms with Crippen LogP contribution in [0.25, 0.3) is 0 Å². The fourth-order valence-corrected chi connectivity index (χ4v) is 4.01. The summed E-state index contributed by atoms with van der Waals surface area (Å²) in [4.78, 5) is 3.35. The smallest absolute Gasteiger partial charge is 0.242 e. The van der Waals surface area contributed by atoms with E-state index in [1.54, 1.807) is 12.3 Å². The van der Waals surface area contributed by atoms with E-state index in [0.29, 0.717) is 43.5 Å². The van der Waals surface area contributed by atoms with Crippen molar-refractivity contribution in [3.8, 4) is 0 Å². The second-order valence-corrected chi connectivity index (χ2v) is 7.98. The van der Waals surface area contributed by atoms with Crippen LogP contribution in [-0.4, -0.2) is 38.2 Å². The van der Waals surface area contributed by atoms with E-state index in [1.807, 2.05) is 6.92 Å². The van der Waals surface area contributed by atoms with Crippen molar-refractivity contribution in [3.63, 3.8) is 0 Å². The Morgan fingerprint density at radius 3 is 2.76 bits per heavy atom. The lowest BCUT2D eigenvalue weighted by Crippen LogP contribution is -2.49.